The zero-order valence-corrected chi connectivity index (χ0v) is 10.4. The first-order valence-electron chi connectivity index (χ1n) is 6.04. The van der Waals surface area contributed by atoms with Gasteiger partial charge in [0.15, 0.2) is 0 Å². The lowest BCUT2D eigenvalue weighted by molar-refractivity contribution is -0.130. The number of carbonyl (C=O) groups is 1. The number of nitrogens with one attached hydrogen (secondary N) is 2. The first kappa shape index (κ1) is 12.6. The Morgan fingerprint density at radius 3 is 2.72 bits per heavy atom. The molecule has 2 heterocycles. The van der Waals surface area contributed by atoms with E-state index in [9.17, 15) is 4.79 Å². The molecule has 7 nitrogen and oxygen atoms in total. The number of rotatable bonds is 4. The fourth-order valence-corrected chi connectivity index (χ4v) is 2.01. The van der Waals surface area contributed by atoms with E-state index in [-0.39, 0.29) is 11.9 Å². The molecule has 1 saturated heterocycles. The van der Waals surface area contributed by atoms with Gasteiger partial charge in [-0.2, -0.15) is 0 Å². The molecule has 1 aromatic heterocycles. The van der Waals surface area contributed by atoms with Crippen molar-refractivity contribution in [3.8, 4) is 0 Å². The summed E-state index contributed by atoms with van der Waals surface area (Å²) in [7, 11) is 0. The number of anilines is 2. The second-order valence-electron chi connectivity index (χ2n) is 4.33. The number of nitrogen functional groups attached to an aromatic ring is 1. The van der Waals surface area contributed by atoms with Gasteiger partial charge in [0.2, 0.25) is 5.91 Å². The lowest BCUT2D eigenvalue weighted by Crippen LogP contribution is -2.39. The number of aromatic nitrogens is 2. The van der Waals surface area contributed by atoms with Crippen LogP contribution >= 0.6 is 0 Å². The minimum atomic E-state index is -0.302. The summed E-state index contributed by atoms with van der Waals surface area (Å²) >= 11 is 0. The number of nitrogens with two attached hydrogens (primary N) is 1. The van der Waals surface area contributed by atoms with Crippen molar-refractivity contribution >= 4 is 17.5 Å². The van der Waals surface area contributed by atoms with Gasteiger partial charge < -0.3 is 15.6 Å². The van der Waals surface area contributed by atoms with Gasteiger partial charge in [-0.05, 0) is 19.8 Å². The Labute approximate surface area is 106 Å². The highest BCUT2D eigenvalue weighted by Crippen LogP contribution is 2.12. The zero-order valence-electron chi connectivity index (χ0n) is 10.4. The van der Waals surface area contributed by atoms with Crippen LogP contribution < -0.4 is 16.6 Å². The normalized spacial score (nSPS) is 16.4. The van der Waals surface area contributed by atoms with E-state index >= 15 is 0 Å². The third-order valence-electron chi connectivity index (χ3n) is 2.97. The van der Waals surface area contributed by atoms with E-state index < -0.39 is 0 Å². The molecule has 0 saturated carbocycles. The van der Waals surface area contributed by atoms with Crippen LogP contribution in [0.5, 0.6) is 0 Å². The minimum absolute atomic E-state index is 0.105. The highest BCUT2D eigenvalue weighted by Gasteiger charge is 2.23. The first-order chi connectivity index (χ1) is 8.70. The molecule has 2 rings (SSSR count). The van der Waals surface area contributed by atoms with Crippen molar-refractivity contribution in [1.82, 2.24) is 14.9 Å². The average Bonchev–Trinajstić information content (AvgIpc) is 2.92. The Balaban J connectivity index is 1.97. The van der Waals surface area contributed by atoms with Gasteiger partial charge in [0.05, 0.1) is 0 Å². The van der Waals surface area contributed by atoms with E-state index in [2.05, 4.69) is 20.7 Å². The number of amides is 1. The van der Waals surface area contributed by atoms with E-state index in [1.54, 1.807) is 6.07 Å². The number of hydrazine groups is 1. The summed E-state index contributed by atoms with van der Waals surface area (Å²) < 4.78 is 0. The largest absolute Gasteiger partial charge is 0.358 e. The Bertz CT molecular complexity index is 418. The number of likely N-dealkylation sites (tertiary alicyclic amines) is 1. The van der Waals surface area contributed by atoms with Crippen molar-refractivity contribution in [2.45, 2.75) is 25.8 Å². The third kappa shape index (κ3) is 2.86. The molecule has 98 valence electrons. The average molecular weight is 250 g/mol. The SMILES string of the molecule is CC(Nc1cc(NN)ncn1)C(=O)N1CCCC1. The van der Waals surface area contributed by atoms with Gasteiger partial charge >= 0.3 is 0 Å². The van der Waals surface area contributed by atoms with E-state index in [4.69, 9.17) is 5.84 Å². The maximum Gasteiger partial charge on any atom is 0.244 e. The zero-order chi connectivity index (χ0) is 13.0. The summed E-state index contributed by atoms with van der Waals surface area (Å²) in [6.07, 6.45) is 3.57. The third-order valence-corrected chi connectivity index (χ3v) is 2.97. The minimum Gasteiger partial charge on any atom is -0.358 e. The number of nitrogens with zero attached hydrogens (tertiary/aromatic N) is 3. The molecule has 1 amide bonds. The van der Waals surface area contributed by atoms with Crippen LogP contribution in [0.4, 0.5) is 11.6 Å². The van der Waals surface area contributed by atoms with Crippen LogP contribution in [0.1, 0.15) is 19.8 Å². The molecule has 1 aliphatic heterocycles. The molecular weight excluding hydrogens is 232 g/mol. The Hall–Kier alpha value is -1.89. The number of hydrogen-bond donors (Lipinski definition) is 3. The summed E-state index contributed by atoms with van der Waals surface area (Å²) in [5.74, 6) is 6.46. The van der Waals surface area contributed by atoms with Crippen molar-refractivity contribution in [3.05, 3.63) is 12.4 Å². The Morgan fingerprint density at radius 2 is 2.06 bits per heavy atom. The smallest absolute Gasteiger partial charge is 0.244 e. The lowest BCUT2D eigenvalue weighted by Gasteiger charge is -2.21. The van der Waals surface area contributed by atoms with Crippen molar-refractivity contribution in [2.24, 2.45) is 5.84 Å². The molecule has 4 N–H and O–H groups in total. The van der Waals surface area contributed by atoms with Gasteiger partial charge in [-0.3, -0.25) is 4.79 Å². The van der Waals surface area contributed by atoms with Crippen molar-refractivity contribution in [2.75, 3.05) is 23.8 Å². The molecule has 0 bridgehead atoms. The summed E-state index contributed by atoms with van der Waals surface area (Å²) in [5, 5.41) is 3.06. The summed E-state index contributed by atoms with van der Waals surface area (Å²) in [4.78, 5) is 21.9. The first-order valence-corrected chi connectivity index (χ1v) is 6.04. The molecule has 1 fully saturated rings. The molecule has 18 heavy (non-hydrogen) atoms. The monoisotopic (exact) mass is 250 g/mol. The molecule has 0 aliphatic carbocycles. The van der Waals surface area contributed by atoms with Crippen LogP contribution in [0.25, 0.3) is 0 Å². The van der Waals surface area contributed by atoms with E-state index in [1.165, 1.54) is 6.33 Å². The lowest BCUT2D eigenvalue weighted by atomic mass is 10.3. The molecule has 1 atom stereocenters. The number of carbonyl (C=O) groups excluding carboxylic acids is 1. The van der Waals surface area contributed by atoms with Crippen LogP contribution in [-0.4, -0.2) is 39.9 Å². The molecular formula is C11H18N6O. The maximum absolute atomic E-state index is 12.1. The predicted octanol–water partition coefficient (Wildman–Crippen LogP) is 0.185. The molecule has 1 aromatic rings. The predicted molar refractivity (Wildman–Crippen MR) is 68.7 cm³/mol. The van der Waals surface area contributed by atoms with Crippen LogP contribution in [0.3, 0.4) is 0 Å². The standard InChI is InChI=1S/C11H18N6O/c1-8(11(18)17-4-2-3-5-17)15-9-6-10(16-12)14-7-13-9/h6-8H,2-5,12H2,1H3,(H2,13,14,15,16). The van der Waals surface area contributed by atoms with Gasteiger partial charge in [-0.25, -0.2) is 15.8 Å². The number of hydrogen-bond acceptors (Lipinski definition) is 6. The topological polar surface area (TPSA) is 96.2 Å². The van der Waals surface area contributed by atoms with Crippen molar-refractivity contribution < 1.29 is 4.79 Å². The van der Waals surface area contributed by atoms with Crippen LogP contribution in [0.15, 0.2) is 12.4 Å². The fraction of sp³-hybridized carbons (Fsp3) is 0.545. The van der Waals surface area contributed by atoms with Crippen LogP contribution in [0.2, 0.25) is 0 Å². The van der Waals surface area contributed by atoms with E-state index in [0.29, 0.717) is 11.6 Å². The fourth-order valence-electron chi connectivity index (χ4n) is 2.01. The Morgan fingerprint density at radius 1 is 1.39 bits per heavy atom. The van der Waals surface area contributed by atoms with Gasteiger partial charge in [0, 0.05) is 19.2 Å². The van der Waals surface area contributed by atoms with Crippen LogP contribution in [0, 0.1) is 0 Å². The molecule has 0 spiro atoms. The summed E-state index contributed by atoms with van der Waals surface area (Å²) in [6.45, 7) is 3.53. The second-order valence-corrected chi connectivity index (χ2v) is 4.33. The molecule has 7 heteroatoms. The maximum atomic E-state index is 12.1. The van der Waals surface area contributed by atoms with E-state index in [0.717, 1.165) is 25.9 Å². The molecule has 0 radical (unpaired) electrons. The van der Waals surface area contributed by atoms with Crippen LogP contribution in [-0.2, 0) is 4.79 Å². The highest BCUT2D eigenvalue weighted by atomic mass is 16.2. The van der Waals surface area contributed by atoms with Gasteiger partial charge in [-0.15, -0.1) is 0 Å². The summed E-state index contributed by atoms with van der Waals surface area (Å²) in [6, 6.07) is 1.36. The molecule has 1 aliphatic rings. The van der Waals surface area contributed by atoms with Gasteiger partial charge in [0.1, 0.15) is 24.0 Å². The molecule has 0 aromatic carbocycles. The van der Waals surface area contributed by atoms with Gasteiger partial charge in [0.25, 0.3) is 0 Å². The summed E-state index contributed by atoms with van der Waals surface area (Å²) in [5.41, 5.74) is 2.44. The highest BCUT2D eigenvalue weighted by molar-refractivity contribution is 5.84. The van der Waals surface area contributed by atoms with Crippen molar-refractivity contribution in [1.29, 1.82) is 0 Å². The Kier molecular flexibility index (Phi) is 3.93. The van der Waals surface area contributed by atoms with Crippen molar-refractivity contribution in [3.63, 3.8) is 0 Å². The quantitative estimate of drug-likeness (QED) is 0.521. The van der Waals surface area contributed by atoms with E-state index in [1.807, 2.05) is 11.8 Å². The van der Waals surface area contributed by atoms with Gasteiger partial charge in [-0.1, -0.05) is 0 Å². The molecule has 1 unspecified atom stereocenters. The second kappa shape index (κ2) is 5.63.